The van der Waals surface area contributed by atoms with E-state index >= 15 is 0 Å². The van der Waals surface area contributed by atoms with Gasteiger partial charge in [-0.3, -0.25) is 5.32 Å². The highest BCUT2D eigenvalue weighted by atomic mass is 35.5. The van der Waals surface area contributed by atoms with Crippen molar-refractivity contribution in [2.45, 2.75) is 12.4 Å². The molecule has 0 fully saturated rings. The van der Waals surface area contributed by atoms with Crippen LogP contribution in [0.25, 0.3) is 0 Å². The maximum absolute atomic E-state index is 12.3. The Labute approximate surface area is 173 Å². The summed E-state index contributed by atoms with van der Waals surface area (Å²) in [5, 5.41) is 2.16. The van der Waals surface area contributed by atoms with E-state index in [2.05, 4.69) is 29.7 Å². The molecule has 30 heavy (non-hydrogen) atoms. The lowest BCUT2D eigenvalue weighted by Gasteiger charge is -2.16. The first-order chi connectivity index (χ1) is 13.8. The molecule has 0 aliphatic rings. The number of ether oxygens (including phenoxy) is 2. The molecule has 0 bridgehead atoms. The first-order valence-corrected chi connectivity index (χ1v) is 8.20. The molecule has 2 aromatic rings. The summed E-state index contributed by atoms with van der Waals surface area (Å²) < 4.78 is 83.1. The molecule has 0 spiro atoms. The Morgan fingerprint density at radius 1 is 1.07 bits per heavy atom. The second-order valence-corrected chi connectivity index (χ2v) is 5.96. The van der Waals surface area contributed by atoms with E-state index < -0.39 is 49.3 Å². The molecule has 2 rings (SSSR count). The first kappa shape index (κ1) is 23.5. The minimum atomic E-state index is -4.77. The van der Waals surface area contributed by atoms with Gasteiger partial charge in [-0.15, -0.1) is 0 Å². The van der Waals surface area contributed by atoms with Crippen LogP contribution in [-0.2, 0) is 0 Å². The van der Waals surface area contributed by atoms with Crippen molar-refractivity contribution < 1.29 is 40.6 Å². The Bertz CT molecular complexity index is 846. The van der Waals surface area contributed by atoms with Crippen molar-refractivity contribution in [3.8, 4) is 11.9 Å². The lowest BCUT2D eigenvalue weighted by atomic mass is 10.4. The maximum atomic E-state index is 12.3. The summed E-state index contributed by atoms with van der Waals surface area (Å²) in [5.74, 6) is -1.35. The second kappa shape index (κ2) is 9.38. The average Bonchev–Trinajstić information content (AvgIpc) is 2.63. The van der Waals surface area contributed by atoms with Gasteiger partial charge in [-0.1, -0.05) is 11.6 Å². The monoisotopic (exact) mass is 479 g/mol. The summed E-state index contributed by atoms with van der Waals surface area (Å²) >= 11 is 11.4. The molecular weight excluding hydrogens is 471 g/mol. The normalized spacial score (nSPS) is 11.7. The van der Waals surface area contributed by atoms with Crippen molar-refractivity contribution in [3.63, 3.8) is 0 Å². The summed E-state index contributed by atoms with van der Waals surface area (Å²) in [6.07, 6.45) is -8.40. The SMILES string of the molecule is O=C(Nc1cc(OCC(F)(F)F)nc(OCC(F)(F)F)n1)N(Cl)c1ccc(Cl)nc1. The molecule has 0 saturated heterocycles. The lowest BCUT2D eigenvalue weighted by Crippen LogP contribution is -2.27. The highest BCUT2D eigenvalue weighted by Crippen LogP contribution is 2.24. The van der Waals surface area contributed by atoms with Gasteiger partial charge in [-0.2, -0.15) is 36.3 Å². The van der Waals surface area contributed by atoms with E-state index in [9.17, 15) is 31.1 Å². The molecule has 0 unspecified atom stereocenters. The number of urea groups is 1. The third-order valence-corrected chi connectivity index (χ3v) is 3.35. The standard InChI is InChI=1S/C14H9Cl2F6N5O3/c15-8-2-1-7(4-23-8)27(16)12(28)25-9-3-10(29-5-13(17,18)19)26-11(24-9)30-6-14(20,21)22/h1-4H,5-6H2,(H,24,25,26,28). The number of hydrogen-bond donors (Lipinski definition) is 1. The molecule has 1 N–H and O–H groups in total. The molecule has 0 radical (unpaired) electrons. The predicted octanol–water partition coefficient (Wildman–Crippen LogP) is 4.60. The fraction of sp³-hybridized carbons (Fsp3) is 0.286. The smallest absolute Gasteiger partial charge is 0.422 e. The zero-order valence-corrected chi connectivity index (χ0v) is 15.8. The highest BCUT2D eigenvalue weighted by Gasteiger charge is 2.31. The van der Waals surface area contributed by atoms with Gasteiger partial charge >= 0.3 is 24.4 Å². The number of nitrogens with one attached hydrogen (secondary N) is 1. The van der Waals surface area contributed by atoms with Gasteiger partial charge < -0.3 is 9.47 Å². The van der Waals surface area contributed by atoms with Crippen molar-refractivity contribution in [1.29, 1.82) is 0 Å². The van der Waals surface area contributed by atoms with Gasteiger partial charge in [-0.25, -0.2) is 14.2 Å². The van der Waals surface area contributed by atoms with Crippen LogP contribution in [0.15, 0.2) is 24.4 Å². The lowest BCUT2D eigenvalue weighted by molar-refractivity contribution is -0.155. The Morgan fingerprint density at radius 2 is 1.70 bits per heavy atom. The van der Waals surface area contributed by atoms with Crippen LogP contribution in [0.5, 0.6) is 11.9 Å². The fourth-order valence-electron chi connectivity index (χ4n) is 1.67. The molecule has 0 aliphatic carbocycles. The molecular formula is C14H9Cl2F6N5O3. The molecule has 164 valence electrons. The van der Waals surface area contributed by atoms with E-state index in [-0.39, 0.29) is 10.8 Å². The van der Waals surface area contributed by atoms with Gasteiger partial charge in [0.1, 0.15) is 11.0 Å². The van der Waals surface area contributed by atoms with Crippen LogP contribution in [0.1, 0.15) is 0 Å². The first-order valence-electron chi connectivity index (χ1n) is 7.49. The Morgan fingerprint density at radius 3 is 2.27 bits per heavy atom. The average molecular weight is 480 g/mol. The molecule has 0 atom stereocenters. The van der Waals surface area contributed by atoms with E-state index in [1.165, 1.54) is 12.1 Å². The molecule has 2 amide bonds. The van der Waals surface area contributed by atoms with Crippen LogP contribution in [0, 0.1) is 0 Å². The summed E-state index contributed by atoms with van der Waals surface area (Å²) in [5.41, 5.74) is 0.0507. The van der Waals surface area contributed by atoms with E-state index in [0.717, 1.165) is 12.3 Å². The van der Waals surface area contributed by atoms with Crippen molar-refractivity contribution >= 4 is 40.9 Å². The maximum Gasteiger partial charge on any atom is 0.422 e. The minimum Gasteiger partial charge on any atom is -0.468 e. The second-order valence-electron chi connectivity index (χ2n) is 5.23. The highest BCUT2D eigenvalue weighted by molar-refractivity contribution is 6.38. The number of rotatable bonds is 6. The van der Waals surface area contributed by atoms with Crippen LogP contribution >= 0.6 is 23.4 Å². The number of alkyl halides is 6. The summed E-state index contributed by atoms with van der Waals surface area (Å²) in [4.78, 5) is 22.6. The number of carbonyl (C=O) groups excluding carboxylic acids is 1. The third kappa shape index (κ3) is 7.94. The van der Waals surface area contributed by atoms with Crippen LogP contribution < -0.4 is 19.2 Å². The van der Waals surface area contributed by atoms with Crippen molar-refractivity contribution in [3.05, 3.63) is 29.5 Å². The molecule has 2 aromatic heterocycles. The van der Waals surface area contributed by atoms with Gasteiger partial charge in [0.2, 0.25) is 5.88 Å². The van der Waals surface area contributed by atoms with Crippen molar-refractivity contribution in [1.82, 2.24) is 15.0 Å². The number of pyridine rings is 1. The number of anilines is 2. The van der Waals surface area contributed by atoms with E-state index in [1.807, 2.05) is 0 Å². The van der Waals surface area contributed by atoms with E-state index in [1.54, 1.807) is 0 Å². The molecule has 8 nitrogen and oxygen atoms in total. The Kier molecular flexibility index (Phi) is 7.36. The summed E-state index contributed by atoms with van der Waals surface area (Å²) in [7, 11) is 0. The zero-order valence-electron chi connectivity index (χ0n) is 14.3. The van der Waals surface area contributed by atoms with E-state index in [4.69, 9.17) is 23.4 Å². The Hall–Kier alpha value is -2.74. The predicted molar refractivity (Wildman–Crippen MR) is 91.7 cm³/mol. The zero-order chi connectivity index (χ0) is 22.5. The van der Waals surface area contributed by atoms with Crippen LogP contribution in [0.3, 0.4) is 0 Å². The largest absolute Gasteiger partial charge is 0.468 e. The number of aromatic nitrogens is 3. The van der Waals surface area contributed by atoms with Crippen molar-refractivity contribution in [2.24, 2.45) is 0 Å². The number of hydrogen-bond acceptors (Lipinski definition) is 6. The fourth-order valence-corrected chi connectivity index (χ4v) is 1.92. The van der Waals surface area contributed by atoms with Gasteiger partial charge in [0.15, 0.2) is 13.2 Å². The summed E-state index contributed by atoms with van der Waals surface area (Å²) in [6, 6.07) is 1.29. The molecule has 0 aliphatic heterocycles. The molecule has 2 heterocycles. The number of carbonyl (C=O) groups is 1. The quantitative estimate of drug-likeness (QED) is 0.370. The minimum absolute atomic E-state index is 0.0507. The molecule has 0 aromatic carbocycles. The molecule has 0 saturated carbocycles. The van der Waals surface area contributed by atoms with Gasteiger partial charge in [0, 0.05) is 17.8 Å². The number of nitrogens with zero attached hydrogens (tertiary/aromatic N) is 4. The topological polar surface area (TPSA) is 89.5 Å². The number of halogens is 8. The van der Waals surface area contributed by atoms with Crippen LogP contribution in [-0.4, -0.2) is 46.5 Å². The van der Waals surface area contributed by atoms with E-state index in [0.29, 0.717) is 4.42 Å². The van der Waals surface area contributed by atoms with Gasteiger partial charge in [-0.05, 0) is 12.1 Å². The van der Waals surface area contributed by atoms with Crippen molar-refractivity contribution in [2.75, 3.05) is 22.9 Å². The van der Waals surface area contributed by atoms with Crippen LogP contribution in [0.4, 0.5) is 42.6 Å². The number of amides is 2. The van der Waals surface area contributed by atoms with Gasteiger partial charge in [0.05, 0.1) is 11.9 Å². The third-order valence-electron chi connectivity index (χ3n) is 2.78. The van der Waals surface area contributed by atoms with Crippen LogP contribution in [0.2, 0.25) is 5.15 Å². The molecule has 16 heteroatoms. The van der Waals surface area contributed by atoms with Gasteiger partial charge in [0.25, 0.3) is 0 Å². The summed E-state index contributed by atoms with van der Waals surface area (Å²) in [6.45, 7) is -3.63. The Balaban J connectivity index is 2.20.